The first-order valence-corrected chi connectivity index (χ1v) is 9.06. The van der Waals surface area contributed by atoms with Gasteiger partial charge in [0.2, 0.25) is 5.82 Å². The molecule has 0 aliphatic carbocycles. The Hall–Kier alpha value is -3.52. The molecule has 0 saturated heterocycles. The quantitative estimate of drug-likeness (QED) is 0.469. The highest BCUT2D eigenvalue weighted by Gasteiger charge is 2.41. The summed E-state index contributed by atoms with van der Waals surface area (Å²) in [5.74, 6) is -1.51. The zero-order chi connectivity index (χ0) is 20.5. The van der Waals surface area contributed by atoms with Crippen LogP contribution in [0, 0.1) is 0 Å². The first-order valence-electron chi connectivity index (χ1n) is 8.68. The molecule has 8 nitrogen and oxygen atoms in total. The maximum atomic E-state index is 12.5. The summed E-state index contributed by atoms with van der Waals surface area (Å²) in [5, 5.41) is 4.20. The summed E-state index contributed by atoms with van der Waals surface area (Å²) in [6.07, 6.45) is 0. The monoisotopic (exact) mass is 411 g/mol. The number of carbonyl (C=O) groups excluding carboxylic acids is 3. The van der Waals surface area contributed by atoms with E-state index < -0.39 is 23.8 Å². The van der Waals surface area contributed by atoms with E-state index in [-0.39, 0.29) is 29.4 Å². The van der Waals surface area contributed by atoms with Crippen LogP contribution in [0.3, 0.4) is 0 Å². The number of halogens is 1. The zero-order valence-electron chi connectivity index (χ0n) is 15.2. The van der Waals surface area contributed by atoms with Crippen LogP contribution in [0.4, 0.5) is 0 Å². The minimum absolute atomic E-state index is 0.128. The first-order chi connectivity index (χ1) is 14.0. The average Bonchev–Trinajstić information content (AvgIpc) is 3.29. The number of amides is 2. The van der Waals surface area contributed by atoms with Crippen LogP contribution < -0.4 is 0 Å². The SMILES string of the molecule is CC(C(=O)OCc1noc(-c2ccccc2Cl)n1)N1C(=O)c2ccccc2C1=O. The van der Waals surface area contributed by atoms with Crippen molar-refractivity contribution in [2.45, 2.75) is 19.6 Å². The number of imide groups is 1. The maximum absolute atomic E-state index is 12.5. The molecule has 29 heavy (non-hydrogen) atoms. The Kier molecular flexibility index (Phi) is 4.85. The van der Waals surface area contributed by atoms with Crippen LogP contribution in [-0.4, -0.2) is 38.9 Å². The lowest BCUT2D eigenvalue weighted by atomic mass is 10.1. The summed E-state index contributed by atoms with van der Waals surface area (Å²) in [6, 6.07) is 12.2. The molecule has 2 amide bonds. The molecule has 0 spiro atoms. The van der Waals surface area contributed by atoms with Gasteiger partial charge in [-0.3, -0.25) is 14.5 Å². The standard InChI is InChI=1S/C20H14ClN3O5/c1-11(24-18(25)12-6-2-3-7-13(12)19(24)26)20(27)28-10-16-22-17(29-23-16)14-8-4-5-9-15(14)21/h2-9,11H,10H2,1H3. The molecule has 1 atom stereocenters. The Labute approximate surface area is 170 Å². The lowest BCUT2D eigenvalue weighted by Gasteiger charge is -2.20. The Bertz CT molecular complexity index is 1090. The Balaban J connectivity index is 1.43. The summed E-state index contributed by atoms with van der Waals surface area (Å²) in [6.45, 7) is 1.15. The molecule has 1 aromatic heterocycles. The van der Waals surface area contributed by atoms with Gasteiger partial charge in [-0.05, 0) is 31.2 Å². The number of esters is 1. The molecule has 2 aromatic carbocycles. The molecule has 146 valence electrons. The highest BCUT2D eigenvalue weighted by atomic mass is 35.5. The molecule has 0 N–H and O–H groups in total. The number of hydrogen-bond donors (Lipinski definition) is 0. The number of benzene rings is 2. The van der Waals surface area contributed by atoms with Crippen molar-refractivity contribution < 1.29 is 23.6 Å². The first kappa shape index (κ1) is 18.8. The van der Waals surface area contributed by atoms with Gasteiger partial charge in [0.05, 0.1) is 21.7 Å². The second-order valence-electron chi connectivity index (χ2n) is 6.31. The van der Waals surface area contributed by atoms with Crippen LogP contribution in [0.25, 0.3) is 11.5 Å². The Morgan fingerprint density at radius 3 is 2.28 bits per heavy atom. The highest BCUT2D eigenvalue weighted by Crippen LogP contribution is 2.27. The fourth-order valence-electron chi connectivity index (χ4n) is 2.98. The van der Waals surface area contributed by atoms with Gasteiger partial charge in [0.25, 0.3) is 17.7 Å². The minimum Gasteiger partial charge on any atom is -0.456 e. The van der Waals surface area contributed by atoms with E-state index in [1.165, 1.54) is 6.92 Å². The van der Waals surface area contributed by atoms with Crippen molar-refractivity contribution in [3.63, 3.8) is 0 Å². The van der Waals surface area contributed by atoms with Crippen LogP contribution in [0.15, 0.2) is 53.1 Å². The predicted octanol–water partition coefficient (Wildman–Crippen LogP) is 3.12. The molecular weight excluding hydrogens is 398 g/mol. The van der Waals surface area contributed by atoms with Crippen LogP contribution in [-0.2, 0) is 16.1 Å². The number of carbonyl (C=O) groups is 3. The van der Waals surface area contributed by atoms with E-state index in [1.54, 1.807) is 48.5 Å². The van der Waals surface area contributed by atoms with Gasteiger partial charge in [-0.1, -0.05) is 41.0 Å². The van der Waals surface area contributed by atoms with Crippen molar-refractivity contribution in [3.8, 4) is 11.5 Å². The van der Waals surface area contributed by atoms with E-state index in [2.05, 4.69) is 10.1 Å². The summed E-state index contributed by atoms with van der Waals surface area (Å²) in [5.41, 5.74) is 1.08. The van der Waals surface area contributed by atoms with E-state index in [0.29, 0.717) is 10.6 Å². The molecule has 0 radical (unpaired) electrons. The van der Waals surface area contributed by atoms with E-state index in [1.807, 2.05) is 0 Å². The summed E-state index contributed by atoms with van der Waals surface area (Å²) in [7, 11) is 0. The predicted molar refractivity (Wildman–Crippen MR) is 101 cm³/mol. The van der Waals surface area contributed by atoms with E-state index in [0.717, 1.165) is 4.90 Å². The Morgan fingerprint density at radius 1 is 1.07 bits per heavy atom. The number of aromatic nitrogens is 2. The van der Waals surface area contributed by atoms with Crippen LogP contribution in [0.2, 0.25) is 5.02 Å². The van der Waals surface area contributed by atoms with Crippen molar-refractivity contribution in [2.24, 2.45) is 0 Å². The molecule has 0 fully saturated rings. The van der Waals surface area contributed by atoms with Gasteiger partial charge in [0, 0.05) is 0 Å². The molecule has 2 heterocycles. The van der Waals surface area contributed by atoms with Crippen LogP contribution in [0.5, 0.6) is 0 Å². The molecule has 0 bridgehead atoms. The fraction of sp³-hybridized carbons (Fsp3) is 0.150. The van der Waals surface area contributed by atoms with Crippen molar-refractivity contribution in [2.75, 3.05) is 0 Å². The average molecular weight is 412 g/mol. The largest absolute Gasteiger partial charge is 0.456 e. The topological polar surface area (TPSA) is 103 Å². The zero-order valence-corrected chi connectivity index (χ0v) is 15.9. The maximum Gasteiger partial charge on any atom is 0.329 e. The third kappa shape index (κ3) is 3.38. The molecular formula is C20H14ClN3O5. The smallest absolute Gasteiger partial charge is 0.329 e. The fourth-order valence-corrected chi connectivity index (χ4v) is 3.19. The van der Waals surface area contributed by atoms with Crippen LogP contribution in [0.1, 0.15) is 33.5 Å². The number of hydrogen-bond acceptors (Lipinski definition) is 7. The Morgan fingerprint density at radius 2 is 1.66 bits per heavy atom. The van der Waals surface area contributed by atoms with E-state index in [9.17, 15) is 14.4 Å². The normalized spacial score (nSPS) is 14.1. The molecule has 3 aromatic rings. The number of ether oxygens (including phenoxy) is 1. The summed E-state index contributed by atoms with van der Waals surface area (Å²) >= 11 is 6.09. The number of rotatable bonds is 5. The second kappa shape index (κ2) is 7.48. The van der Waals surface area contributed by atoms with Gasteiger partial charge in [0.15, 0.2) is 6.61 Å². The van der Waals surface area contributed by atoms with Gasteiger partial charge < -0.3 is 9.26 Å². The lowest BCUT2D eigenvalue weighted by molar-refractivity contribution is -0.149. The third-order valence-corrected chi connectivity index (χ3v) is 4.80. The molecule has 1 aliphatic rings. The molecule has 4 rings (SSSR count). The molecule has 1 unspecified atom stereocenters. The minimum atomic E-state index is -1.10. The third-order valence-electron chi connectivity index (χ3n) is 4.47. The van der Waals surface area contributed by atoms with Crippen molar-refractivity contribution in [1.82, 2.24) is 15.0 Å². The van der Waals surface area contributed by atoms with Crippen molar-refractivity contribution in [1.29, 1.82) is 0 Å². The van der Waals surface area contributed by atoms with Crippen molar-refractivity contribution in [3.05, 3.63) is 70.5 Å². The molecule has 0 saturated carbocycles. The van der Waals surface area contributed by atoms with E-state index in [4.69, 9.17) is 20.9 Å². The lowest BCUT2D eigenvalue weighted by Crippen LogP contribution is -2.43. The van der Waals surface area contributed by atoms with Gasteiger partial charge in [-0.2, -0.15) is 4.98 Å². The number of nitrogens with zero attached hydrogens (tertiary/aromatic N) is 3. The second-order valence-corrected chi connectivity index (χ2v) is 6.71. The van der Waals surface area contributed by atoms with Crippen LogP contribution >= 0.6 is 11.6 Å². The molecule has 9 heteroatoms. The van der Waals surface area contributed by atoms with E-state index >= 15 is 0 Å². The highest BCUT2D eigenvalue weighted by molar-refractivity contribution is 6.33. The summed E-state index contributed by atoms with van der Waals surface area (Å²) < 4.78 is 10.3. The van der Waals surface area contributed by atoms with Gasteiger partial charge in [0.1, 0.15) is 6.04 Å². The number of fused-ring (bicyclic) bond motifs is 1. The van der Waals surface area contributed by atoms with Gasteiger partial charge >= 0.3 is 5.97 Å². The summed E-state index contributed by atoms with van der Waals surface area (Å²) in [4.78, 5) is 42.4. The molecule has 1 aliphatic heterocycles. The van der Waals surface area contributed by atoms with Gasteiger partial charge in [-0.15, -0.1) is 0 Å². The van der Waals surface area contributed by atoms with Crippen molar-refractivity contribution >= 4 is 29.4 Å². The van der Waals surface area contributed by atoms with Gasteiger partial charge in [-0.25, -0.2) is 4.79 Å².